The molecule has 1 amide bonds. The molecule has 1 aromatic heterocycles. The SMILES string of the molecule is CCCC(C)(Nc1nc2c(cc1C(N)=O)CCC2)C(=O)O. The fourth-order valence-corrected chi connectivity index (χ4v) is 2.74. The van der Waals surface area contributed by atoms with Crippen molar-refractivity contribution >= 4 is 17.7 Å². The predicted octanol–water partition coefficient (Wildman–Crippen LogP) is 1.72. The van der Waals surface area contributed by atoms with E-state index < -0.39 is 17.4 Å². The summed E-state index contributed by atoms with van der Waals surface area (Å²) in [4.78, 5) is 27.6. The molecular weight excluding hydrogens is 270 g/mol. The van der Waals surface area contributed by atoms with Crippen LogP contribution in [-0.4, -0.2) is 27.5 Å². The van der Waals surface area contributed by atoms with Gasteiger partial charge in [-0.25, -0.2) is 9.78 Å². The van der Waals surface area contributed by atoms with E-state index in [2.05, 4.69) is 10.3 Å². The van der Waals surface area contributed by atoms with E-state index in [-0.39, 0.29) is 11.4 Å². The molecule has 0 radical (unpaired) electrons. The van der Waals surface area contributed by atoms with Crippen LogP contribution in [0.4, 0.5) is 5.82 Å². The number of nitrogens with two attached hydrogens (primary N) is 1. The molecule has 6 nitrogen and oxygen atoms in total. The van der Waals surface area contributed by atoms with E-state index in [9.17, 15) is 14.7 Å². The van der Waals surface area contributed by atoms with Gasteiger partial charge in [0.1, 0.15) is 11.4 Å². The van der Waals surface area contributed by atoms with Crippen molar-refractivity contribution in [3.8, 4) is 0 Å². The first-order valence-corrected chi connectivity index (χ1v) is 7.21. The Balaban J connectivity index is 2.42. The average Bonchev–Trinajstić information content (AvgIpc) is 2.84. The van der Waals surface area contributed by atoms with Crippen molar-refractivity contribution < 1.29 is 14.7 Å². The Labute approximate surface area is 123 Å². The molecule has 0 spiro atoms. The summed E-state index contributed by atoms with van der Waals surface area (Å²) >= 11 is 0. The van der Waals surface area contributed by atoms with Crippen LogP contribution in [0, 0.1) is 0 Å². The maximum Gasteiger partial charge on any atom is 0.329 e. The van der Waals surface area contributed by atoms with Crippen molar-refractivity contribution in [1.29, 1.82) is 0 Å². The zero-order chi connectivity index (χ0) is 15.6. The van der Waals surface area contributed by atoms with Crippen LogP contribution in [0.3, 0.4) is 0 Å². The molecule has 1 aliphatic carbocycles. The van der Waals surface area contributed by atoms with Crippen LogP contribution in [0.25, 0.3) is 0 Å². The van der Waals surface area contributed by atoms with Crippen molar-refractivity contribution in [2.24, 2.45) is 5.73 Å². The van der Waals surface area contributed by atoms with Crippen LogP contribution in [0.15, 0.2) is 6.07 Å². The third-order valence-corrected chi connectivity index (χ3v) is 3.93. The Kier molecular flexibility index (Phi) is 4.16. The normalized spacial score (nSPS) is 16.1. The number of fused-ring (bicyclic) bond motifs is 1. The summed E-state index contributed by atoms with van der Waals surface area (Å²) < 4.78 is 0. The summed E-state index contributed by atoms with van der Waals surface area (Å²) in [5, 5.41) is 12.4. The number of carboxylic acids is 1. The standard InChI is InChI=1S/C15H21N3O3/c1-3-7-15(2,14(20)21)18-13-10(12(16)19)8-9-5-4-6-11(9)17-13/h8H,3-7H2,1-2H3,(H2,16,19)(H,17,18)(H,20,21). The Hall–Kier alpha value is -2.11. The predicted molar refractivity (Wildman–Crippen MR) is 79.4 cm³/mol. The minimum atomic E-state index is -1.17. The van der Waals surface area contributed by atoms with E-state index in [4.69, 9.17) is 5.73 Å². The fourth-order valence-electron chi connectivity index (χ4n) is 2.74. The summed E-state index contributed by atoms with van der Waals surface area (Å²) in [6, 6.07) is 1.74. The van der Waals surface area contributed by atoms with E-state index in [0.717, 1.165) is 30.5 Å². The van der Waals surface area contributed by atoms with Gasteiger partial charge in [0, 0.05) is 5.69 Å². The number of amides is 1. The smallest absolute Gasteiger partial charge is 0.329 e. The molecule has 0 bridgehead atoms. The highest BCUT2D eigenvalue weighted by Gasteiger charge is 2.34. The number of aromatic nitrogens is 1. The van der Waals surface area contributed by atoms with Gasteiger partial charge in [-0.15, -0.1) is 0 Å². The van der Waals surface area contributed by atoms with E-state index in [1.54, 1.807) is 13.0 Å². The Morgan fingerprint density at radius 2 is 2.19 bits per heavy atom. The number of anilines is 1. The summed E-state index contributed by atoms with van der Waals surface area (Å²) in [7, 11) is 0. The number of aryl methyl sites for hydroxylation is 2. The molecule has 1 atom stereocenters. The van der Waals surface area contributed by atoms with Crippen LogP contribution in [0.1, 0.15) is 54.7 Å². The molecule has 114 valence electrons. The minimum absolute atomic E-state index is 0.263. The number of carbonyl (C=O) groups is 2. The number of primary amides is 1. The van der Waals surface area contributed by atoms with Gasteiger partial charge in [-0.05, 0) is 44.2 Å². The maximum absolute atomic E-state index is 11.6. The number of carbonyl (C=O) groups excluding carboxylic acids is 1. The third-order valence-electron chi connectivity index (χ3n) is 3.93. The van der Waals surface area contributed by atoms with Gasteiger partial charge in [-0.1, -0.05) is 13.3 Å². The van der Waals surface area contributed by atoms with Crippen LogP contribution in [0.5, 0.6) is 0 Å². The van der Waals surface area contributed by atoms with E-state index in [1.807, 2.05) is 6.92 Å². The van der Waals surface area contributed by atoms with Crippen molar-refractivity contribution in [1.82, 2.24) is 4.98 Å². The summed E-state index contributed by atoms with van der Waals surface area (Å²) in [6.45, 7) is 3.51. The number of carboxylic acid groups (broad SMARTS) is 1. The Morgan fingerprint density at radius 1 is 1.48 bits per heavy atom. The highest BCUT2D eigenvalue weighted by Crippen LogP contribution is 2.28. The topological polar surface area (TPSA) is 105 Å². The van der Waals surface area contributed by atoms with Crippen molar-refractivity contribution in [2.75, 3.05) is 5.32 Å². The van der Waals surface area contributed by atoms with Gasteiger partial charge in [-0.3, -0.25) is 4.79 Å². The number of aliphatic carboxylic acids is 1. The highest BCUT2D eigenvalue weighted by molar-refractivity contribution is 5.98. The molecule has 0 aromatic carbocycles. The molecule has 0 saturated carbocycles. The second kappa shape index (κ2) is 5.71. The van der Waals surface area contributed by atoms with Gasteiger partial charge in [0.2, 0.25) is 0 Å². The number of nitrogens with zero attached hydrogens (tertiary/aromatic N) is 1. The zero-order valence-electron chi connectivity index (χ0n) is 12.4. The van der Waals surface area contributed by atoms with Gasteiger partial charge in [0.05, 0.1) is 5.56 Å². The van der Waals surface area contributed by atoms with Crippen LogP contribution in [-0.2, 0) is 17.6 Å². The van der Waals surface area contributed by atoms with Crippen molar-refractivity contribution in [2.45, 2.75) is 51.5 Å². The van der Waals surface area contributed by atoms with Gasteiger partial charge >= 0.3 is 5.97 Å². The molecular formula is C15H21N3O3. The first-order valence-electron chi connectivity index (χ1n) is 7.21. The lowest BCUT2D eigenvalue weighted by Crippen LogP contribution is -2.44. The lowest BCUT2D eigenvalue weighted by Gasteiger charge is -2.27. The number of pyridine rings is 1. The van der Waals surface area contributed by atoms with Crippen molar-refractivity contribution in [3.63, 3.8) is 0 Å². The molecule has 0 aliphatic heterocycles. The van der Waals surface area contributed by atoms with Gasteiger partial charge in [0.15, 0.2) is 0 Å². The van der Waals surface area contributed by atoms with E-state index >= 15 is 0 Å². The van der Waals surface area contributed by atoms with Crippen LogP contribution >= 0.6 is 0 Å². The zero-order valence-corrected chi connectivity index (χ0v) is 12.4. The lowest BCUT2D eigenvalue weighted by molar-refractivity contribution is -0.142. The number of rotatable bonds is 6. The highest BCUT2D eigenvalue weighted by atomic mass is 16.4. The van der Waals surface area contributed by atoms with Gasteiger partial charge < -0.3 is 16.2 Å². The minimum Gasteiger partial charge on any atom is -0.480 e. The monoisotopic (exact) mass is 291 g/mol. The first-order chi connectivity index (χ1) is 9.87. The number of hydrogen-bond donors (Lipinski definition) is 3. The van der Waals surface area contributed by atoms with E-state index in [1.165, 1.54) is 0 Å². The number of hydrogen-bond acceptors (Lipinski definition) is 4. The lowest BCUT2D eigenvalue weighted by atomic mass is 9.95. The Morgan fingerprint density at radius 3 is 2.76 bits per heavy atom. The van der Waals surface area contributed by atoms with E-state index in [0.29, 0.717) is 12.8 Å². The molecule has 6 heteroatoms. The summed E-state index contributed by atoms with van der Waals surface area (Å²) in [6.07, 6.45) is 3.86. The van der Waals surface area contributed by atoms with Crippen LogP contribution in [0.2, 0.25) is 0 Å². The Bertz CT molecular complexity index is 586. The molecule has 4 N–H and O–H groups in total. The first kappa shape index (κ1) is 15.3. The molecule has 1 heterocycles. The van der Waals surface area contributed by atoms with Gasteiger partial charge in [-0.2, -0.15) is 0 Å². The molecule has 1 unspecified atom stereocenters. The molecule has 2 rings (SSSR count). The molecule has 0 fully saturated rings. The summed E-state index contributed by atoms with van der Waals surface area (Å²) in [5.74, 6) is -1.28. The second-order valence-electron chi connectivity index (χ2n) is 5.72. The van der Waals surface area contributed by atoms with Crippen molar-refractivity contribution in [3.05, 3.63) is 22.9 Å². The second-order valence-corrected chi connectivity index (χ2v) is 5.72. The largest absolute Gasteiger partial charge is 0.480 e. The fraction of sp³-hybridized carbons (Fsp3) is 0.533. The average molecular weight is 291 g/mol. The maximum atomic E-state index is 11.6. The molecule has 21 heavy (non-hydrogen) atoms. The third kappa shape index (κ3) is 2.99. The quantitative estimate of drug-likeness (QED) is 0.740. The molecule has 1 aromatic rings. The van der Waals surface area contributed by atoms with Crippen LogP contribution < -0.4 is 11.1 Å². The summed E-state index contributed by atoms with van der Waals surface area (Å²) in [5.41, 5.74) is 6.46. The molecule has 1 aliphatic rings. The number of nitrogens with one attached hydrogen (secondary N) is 1. The van der Waals surface area contributed by atoms with Gasteiger partial charge in [0.25, 0.3) is 5.91 Å². The molecule has 0 saturated heterocycles.